The molecule has 18 heavy (non-hydrogen) atoms. The summed E-state index contributed by atoms with van der Waals surface area (Å²) in [6, 6.07) is 0. The predicted molar refractivity (Wildman–Crippen MR) is 59.2 cm³/mol. The smallest absolute Gasteiger partial charge is 0.372 e. The van der Waals surface area contributed by atoms with Gasteiger partial charge in [0.1, 0.15) is 11.5 Å². The minimum absolute atomic E-state index is 0.0518. The lowest BCUT2D eigenvalue weighted by atomic mass is 10.3. The van der Waals surface area contributed by atoms with Gasteiger partial charge in [-0.2, -0.15) is 13.2 Å². The van der Waals surface area contributed by atoms with Crippen molar-refractivity contribution in [3.63, 3.8) is 0 Å². The van der Waals surface area contributed by atoms with E-state index in [0.29, 0.717) is 5.82 Å². The lowest BCUT2D eigenvalue weighted by Crippen LogP contribution is -2.26. The third-order valence-electron chi connectivity index (χ3n) is 2.05. The highest BCUT2D eigenvalue weighted by molar-refractivity contribution is 5.92. The molecule has 1 aromatic heterocycles. The van der Waals surface area contributed by atoms with Crippen LogP contribution < -0.4 is 10.6 Å². The molecule has 0 aliphatic heterocycles. The number of aromatic nitrogens is 2. The van der Waals surface area contributed by atoms with E-state index in [9.17, 15) is 18.0 Å². The molecule has 0 aliphatic rings. The first-order valence-corrected chi connectivity index (χ1v) is 5.27. The van der Waals surface area contributed by atoms with Crippen LogP contribution in [-0.2, 0) is 0 Å². The van der Waals surface area contributed by atoms with Crippen molar-refractivity contribution < 1.29 is 18.0 Å². The molecule has 0 aliphatic carbocycles. The molecule has 1 heterocycles. The summed E-state index contributed by atoms with van der Waals surface area (Å²) in [6.07, 6.45) is -2.60. The summed E-state index contributed by atoms with van der Waals surface area (Å²) < 4.78 is 35.6. The summed E-state index contributed by atoms with van der Waals surface area (Å²) >= 11 is 0. The second-order valence-corrected chi connectivity index (χ2v) is 3.51. The standard InChI is InChI=1S/C10H13F3N4O/c1-14-8-6-15-5-7(17-8)9(18)16-4-2-3-10(11,12)13/h5-6H,2-4H2,1H3,(H,14,17)(H,16,18). The lowest BCUT2D eigenvalue weighted by Gasteiger charge is -2.07. The summed E-state index contributed by atoms with van der Waals surface area (Å²) in [4.78, 5) is 19.2. The number of amides is 1. The Morgan fingerprint density at radius 2 is 2.11 bits per heavy atom. The van der Waals surface area contributed by atoms with Crippen LogP contribution in [0, 0.1) is 0 Å². The molecule has 0 radical (unpaired) electrons. The van der Waals surface area contributed by atoms with E-state index in [1.165, 1.54) is 12.4 Å². The van der Waals surface area contributed by atoms with Gasteiger partial charge in [0, 0.05) is 20.0 Å². The minimum atomic E-state index is -4.20. The maximum atomic E-state index is 11.9. The van der Waals surface area contributed by atoms with Crippen molar-refractivity contribution >= 4 is 11.7 Å². The molecule has 0 fully saturated rings. The van der Waals surface area contributed by atoms with Crippen molar-refractivity contribution in [2.24, 2.45) is 0 Å². The molecular weight excluding hydrogens is 249 g/mol. The number of hydrogen-bond acceptors (Lipinski definition) is 4. The second kappa shape index (κ2) is 6.18. The summed E-state index contributed by atoms with van der Waals surface area (Å²) in [5, 5.41) is 5.06. The monoisotopic (exact) mass is 262 g/mol. The molecule has 0 bridgehead atoms. The van der Waals surface area contributed by atoms with Gasteiger partial charge in [0.15, 0.2) is 0 Å². The third-order valence-corrected chi connectivity index (χ3v) is 2.05. The number of hydrogen-bond donors (Lipinski definition) is 2. The van der Waals surface area contributed by atoms with Gasteiger partial charge < -0.3 is 10.6 Å². The van der Waals surface area contributed by atoms with Crippen molar-refractivity contribution in [3.8, 4) is 0 Å². The molecule has 100 valence electrons. The van der Waals surface area contributed by atoms with Crippen LogP contribution >= 0.6 is 0 Å². The summed E-state index contributed by atoms with van der Waals surface area (Å²) in [6.45, 7) is -0.0518. The Labute approximate surface area is 102 Å². The topological polar surface area (TPSA) is 66.9 Å². The highest BCUT2D eigenvalue weighted by atomic mass is 19.4. The zero-order chi connectivity index (χ0) is 13.6. The molecular formula is C10H13F3N4O. The quantitative estimate of drug-likeness (QED) is 0.791. The average Bonchev–Trinajstić information content (AvgIpc) is 2.33. The Kier molecular flexibility index (Phi) is 4.87. The summed E-state index contributed by atoms with van der Waals surface area (Å²) in [5.74, 6) is -0.125. The van der Waals surface area contributed by atoms with Gasteiger partial charge >= 0.3 is 6.18 Å². The third kappa shape index (κ3) is 4.98. The van der Waals surface area contributed by atoms with Crippen LogP contribution in [0.5, 0.6) is 0 Å². The SMILES string of the molecule is CNc1cncc(C(=O)NCCCC(F)(F)F)n1. The fourth-order valence-corrected chi connectivity index (χ4v) is 1.18. The first kappa shape index (κ1) is 14.2. The van der Waals surface area contributed by atoms with Crippen LogP contribution in [0.3, 0.4) is 0 Å². The Hall–Kier alpha value is -1.86. The number of alkyl halides is 3. The van der Waals surface area contributed by atoms with Gasteiger partial charge in [0.25, 0.3) is 5.91 Å². The van der Waals surface area contributed by atoms with Crippen LogP contribution in [-0.4, -0.2) is 35.6 Å². The van der Waals surface area contributed by atoms with Gasteiger partial charge in [0.05, 0.1) is 12.4 Å². The van der Waals surface area contributed by atoms with Gasteiger partial charge in [-0.05, 0) is 6.42 Å². The van der Waals surface area contributed by atoms with Crippen LogP contribution in [0.2, 0.25) is 0 Å². The van der Waals surface area contributed by atoms with Crippen LogP contribution in [0.25, 0.3) is 0 Å². The van der Waals surface area contributed by atoms with Crippen molar-refractivity contribution in [3.05, 3.63) is 18.1 Å². The molecule has 8 heteroatoms. The van der Waals surface area contributed by atoms with E-state index in [1.807, 2.05) is 0 Å². The Morgan fingerprint density at radius 3 is 2.72 bits per heavy atom. The van der Waals surface area contributed by atoms with E-state index in [-0.39, 0.29) is 18.7 Å². The molecule has 1 amide bonds. The zero-order valence-electron chi connectivity index (χ0n) is 9.71. The van der Waals surface area contributed by atoms with E-state index < -0.39 is 18.5 Å². The molecule has 0 aromatic carbocycles. The van der Waals surface area contributed by atoms with Gasteiger partial charge in [-0.15, -0.1) is 0 Å². The molecule has 2 N–H and O–H groups in total. The largest absolute Gasteiger partial charge is 0.389 e. The number of carbonyl (C=O) groups excluding carboxylic acids is 1. The number of anilines is 1. The average molecular weight is 262 g/mol. The van der Waals surface area contributed by atoms with Crippen molar-refractivity contribution in [2.45, 2.75) is 19.0 Å². The Balaban J connectivity index is 2.41. The second-order valence-electron chi connectivity index (χ2n) is 3.51. The predicted octanol–water partition coefficient (Wildman–Crippen LogP) is 1.59. The van der Waals surface area contributed by atoms with E-state index in [2.05, 4.69) is 20.6 Å². The van der Waals surface area contributed by atoms with Crippen molar-refractivity contribution in [1.82, 2.24) is 15.3 Å². The highest BCUT2D eigenvalue weighted by Crippen LogP contribution is 2.20. The number of rotatable bonds is 5. The van der Waals surface area contributed by atoms with Gasteiger partial charge in [-0.3, -0.25) is 9.78 Å². The first-order valence-electron chi connectivity index (χ1n) is 5.27. The molecule has 5 nitrogen and oxygen atoms in total. The van der Waals surface area contributed by atoms with Gasteiger partial charge in [-0.1, -0.05) is 0 Å². The van der Waals surface area contributed by atoms with Gasteiger partial charge in [0.2, 0.25) is 0 Å². The molecule has 0 saturated heterocycles. The van der Waals surface area contributed by atoms with Crippen LogP contribution in [0.15, 0.2) is 12.4 Å². The van der Waals surface area contributed by atoms with E-state index in [4.69, 9.17) is 0 Å². The maximum Gasteiger partial charge on any atom is 0.389 e. The summed E-state index contributed by atoms with van der Waals surface area (Å²) in [5.41, 5.74) is 0.0638. The Morgan fingerprint density at radius 1 is 1.39 bits per heavy atom. The minimum Gasteiger partial charge on any atom is -0.372 e. The summed E-state index contributed by atoms with van der Waals surface area (Å²) in [7, 11) is 1.62. The van der Waals surface area contributed by atoms with Gasteiger partial charge in [-0.25, -0.2) is 4.98 Å². The Bertz CT molecular complexity index is 408. The fourth-order valence-electron chi connectivity index (χ4n) is 1.18. The molecule has 1 rings (SSSR count). The number of halogens is 3. The molecule has 0 spiro atoms. The first-order chi connectivity index (χ1) is 8.42. The fraction of sp³-hybridized carbons (Fsp3) is 0.500. The zero-order valence-corrected chi connectivity index (χ0v) is 9.71. The molecule has 0 atom stereocenters. The van der Waals surface area contributed by atoms with E-state index >= 15 is 0 Å². The lowest BCUT2D eigenvalue weighted by molar-refractivity contribution is -0.135. The molecule has 0 unspecified atom stereocenters. The number of carbonyl (C=O) groups is 1. The van der Waals surface area contributed by atoms with Crippen molar-refractivity contribution in [2.75, 3.05) is 18.9 Å². The normalized spacial score (nSPS) is 11.1. The van der Waals surface area contributed by atoms with Crippen molar-refractivity contribution in [1.29, 1.82) is 0 Å². The highest BCUT2D eigenvalue weighted by Gasteiger charge is 2.26. The number of nitrogens with zero attached hydrogens (tertiary/aromatic N) is 2. The maximum absolute atomic E-state index is 11.9. The van der Waals surface area contributed by atoms with E-state index in [0.717, 1.165) is 0 Å². The van der Waals surface area contributed by atoms with Crippen LogP contribution in [0.1, 0.15) is 23.3 Å². The van der Waals surface area contributed by atoms with E-state index in [1.54, 1.807) is 7.05 Å². The number of nitrogens with one attached hydrogen (secondary N) is 2. The molecule has 0 saturated carbocycles. The molecule has 1 aromatic rings. The van der Waals surface area contributed by atoms with Crippen LogP contribution in [0.4, 0.5) is 19.0 Å².